The van der Waals surface area contributed by atoms with Gasteiger partial charge in [0.05, 0.1) is 16.0 Å². The van der Waals surface area contributed by atoms with E-state index in [1.807, 2.05) is 6.92 Å². The smallest absolute Gasteiger partial charge is 0.289 e. The lowest BCUT2D eigenvalue weighted by Gasteiger charge is -2.09. The summed E-state index contributed by atoms with van der Waals surface area (Å²) in [6.07, 6.45) is 0. The number of nitro benzene ring substituents is 1. The molecule has 1 amide bonds. The van der Waals surface area contributed by atoms with Crippen LogP contribution in [0.2, 0.25) is 5.02 Å². The fourth-order valence-electron chi connectivity index (χ4n) is 1.85. The zero-order valence-corrected chi connectivity index (χ0v) is 14.3. The van der Waals surface area contributed by atoms with Crippen molar-refractivity contribution < 1.29 is 14.5 Å². The number of nitrogens with one attached hydrogen (secondary N) is 1. The van der Waals surface area contributed by atoms with Gasteiger partial charge in [0.25, 0.3) is 11.6 Å². The molecule has 6 nitrogen and oxygen atoms in total. The number of halogens is 2. The molecular weight excluding hydrogens is 388 g/mol. The first-order chi connectivity index (χ1) is 10.9. The highest BCUT2D eigenvalue weighted by atomic mass is 79.9. The van der Waals surface area contributed by atoms with Gasteiger partial charge >= 0.3 is 0 Å². The first-order valence-electron chi connectivity index (χ1n) is 6.60. The summed E-state index contributed by atoms with van der Waals surface area (Å²) < 4.78 is 6.02. The zero-order chi connectivity index (χ0) is 17.0. The fraction of sp³-hybridized carbons (Fsp3) is 0.133. The number of hydrogen-bond acceptors (Lipinski definition) is 4. The Morgan fingerprint density at radius 3 is 2.70 bits per heavy atom. The molecule has 0 aromatic heterocycles. The zero-order valence-electron chi connectivity index (χ0n) is 12.0. The molecule has 2 aromatic carbocycles. The number of anilines is 1. The number of nitrogens with zero attached hydrogens (tertiary/aromatic N) is 1. The quantitative estimate of drug-likeness (QED) is 0.585. The summed E-state index contributed by atoms with van der Waals surface area (Å²) in [6.45, 7) is 2.37. The number of carbonyl (C=O) groups excluding carboxylic acids is 1. The van der Waals surface area contributed by atoms with E-state index < -0.39 is 10.8 Å². The van der Waals surface area contributed by atoms with E-state index >= 15 is 0 Å². The summed E-state index contributed by atoms with van der Waals surface area (Å²) in [5, 5.41) is 13.5. The molecule has 0 unspecified atom stereocenters. The molecule has 0 saturated heterocycles. The highest BCUT2D eigenvalue weighted by Crippen LogP contribution is 2.29. The molecule has 0 heterocycles. The van der Waals surface area contributed by atoms with Crippen LogP contribution in [-0.4, -0.2) is 17.4 Å². The summed E-state index contributed by atoms with van der Waals surface area (Å²) in [5.74, 6) is 0.233. The van der Waals surface area contributed by atoms with Crippen LogP contribution in [0, 0.1) is 10.1 Å². The second-order valence-corrected chi connectivity index (χ2v) is 5.72. The van der Waals surface area contributed by atoms with Crippen molar-refractivity contribution in [2.24, 2.45) is 0 Å². The van der Waals surface area contributed by atoms with Crippen LogP contribution in [0.3, 0.4) is 0 Å². The fourth-order valence-corrected chi connectivity index (χ4v) is 2.53. The van der Waals surface area contributed by atoms with E-state index in [1.165, 1.54) is 18.2 Å². The molecular formula is C15H12BrClN2O4. The lowest BCUT2D eigenvalue weighted by Crippen LogP contribution is -2.12. The molecule has 0 radical (unpaired) electrons. The average Bonchev–Trinajstić information content (AvgIpc) is 2.51. The molecule has 120 valence electrons. The van der Waals surface area contributed by atoms with Gasteiger partial charge in [-0.2, -0.15) is 0 Å². The number of amides is 1. The Kier molecular flexibility index (Phi) is 5.57. The van der Waals surface area contributed by atoms with Crippen LogP contribution in [0.15, 0.2) is 40.9 Å². The van der Waals surface area contributed by atoms with Crippen molar-refractivity contribution in [1.29, 1.82) is 0 Å². The van der Waals surface area contributed by atoms with Crippen molar-refractivity contribution in [2.75, 3.05) is 11.9 Å². The van der Waals surface area contributed by atoms with Gasteiger partial charge in [-0.3, -0.25) is 14.9 Å². The van der Waals surface area contributed by atoms with Gasteiger partial charge in [-0.25, -0.2) is 0 Å². The lowest BCUT2D eigenvalue weighted by molar-refractivity contribution is -0.384. The molecule has 0 bridgehead atoms. The van der Waals surface area contributed by atoms with Gasteiger partial charge in [0, 0.05) is 17.3 Å². The van der Waals surface area contributed by atoms with Crippen LogP contribution in [0.25, 0.3) is 0 Å². The van der Waals surface area contributed by atoms with Crippen LogP contribution >= 0.6 is 27.5 Å². The van der Waals surface area contributed by atoms with Gasteiger partial charge in [0.1, 0.15) is 10.8 Å². The van der Waals surface area contributed by atoms with E-state index in [0.717, 1.165) is 0 Å². The Balaban J connectivity index is 2.21. The van der Waals surface area contributed by atoms with Gasteiger partial charge in [-0.15, -0.1) is 0 Å². The van der Waals surface area contributed by atoms with Gasteiger partial charge in [-0.1, -0.05) is 11.6 Å². The standard InChI is InChI=1S/C15H12BrClN2O4/c1-2-23-14-6-3-9(7-11(14)16)15(20)18-10-4-5-12(17)13(8-10)19(21)22/h3-8H,2H2,1H3,(H,18,20). The lowest BCUT2D eigenvalue weighted by atomic mass is 10.2. The van der Waals surface area contributed by atoms with E-state index in [0.29, 0.717) is 22.4 Å². The molecule has 0 atom stereocenters. The third-order valence-corrected chi connectivity index (χ3v) is 3.83. The molecule has 0 spiro atoms. The maximum absolute atomic E-state index is 12.2. The largest absolute Gasteiger partial charge is 0.493 e. The monoisotopic (exact) mass is 398 g/mol. The molecule has 0 fully saturated rings. The van der Waals surface area contributed by atoms with Gasteiger partial charge < -0.3 is 10.1 Å². The predicted octanol–water partition coefficient (Wildman–Crippen LogP) is 4.66. The van der Waals surface area contributed by atoms with E-state index in [4.69, 9.17) is 16.3 Å². The van der Waals surface area contributed by atoms with Gasteiger partial charge in [0.15, 0.2) is 0 Å². The first-order valence-corrected chi connectivity index (χ1v) is 7.77. The molecule has 23 heavy (non-hydrogen) atoms. The van der Waals surface area contributed by atoms with Crippen molar-refractivity contribution in [2.45, 2.75) is 6.92 Å². The van der Waals surface area contributed by atoms with Gasteiger partial charge in [-0.05, 0) is 53.2 Å². The number of nitro groups is 1. The Bertz CT molecular complexity index is 767. The number of ether oxygens (including phenoxy) is 1. The molecule has 2 rings (SSSR count). The molecule has 0 aliphatic heterocycles. The predicted molar refractivity (Wildman–Crippen MR) is 91.4 cm³/mol. The average molecular weight is 400 g/mol. The second-order valence-electron chi connectivity index (χ2n) is 4.46. The van der Waals surface area contributed by atoms with Crippen LogP contribution in [0.4, 0.5) is 11.4 Å². The third-order valence-electron chi connectivity index (χ3n) is 2.89. The van der Waals surface area contributed by atoms with Crippen molar-refractivity contribution in [1.82, 2.24) is 0 Å². The minimum Gasteiger partial charge on any atom is -0.493 e. The summed E-state index contributed by atoms with van der Waals surface area (Å²) >= 11 is 9.07. The molecule has 0 saturated carbocycles. The third kappa shape index (κ3) is 4.20. The van der Waals surface area contributed by atoms with Crippen LogP contribution < -0.4 is 10.1 Å². The summed E-state index contributed by atoms with van der Waals surface area (Å²) in [6, 6.07) is 8.97. The molecule has 2 aromatic rings. The van der Waals surface area contributed by atoms with Crippen molar-refractivity contribution in [3.63, 3.8) is 0 Å². The summed E-state index contributed by atoms with van der Waals surface area (Å²) in [7, 11) is 0. The number of rotatable bonds is 5. The molecule has 0 aliphatic carbocycles. The molecule has 0 aliphatic rings. The van der Waals surface area contributed by atoms with Crippen LogP contribution in [0.5, 0.6) is 5.75 Å². The normalized spacial score (nSPS) is 10.2. The highest BCUT2D eigenvalue weighted by Gasteiger charge is 2.15. The SMILES string of the molecule is CCOc1ccc(C(=O)Nc2ccc(Cl)c([N+](=O)[O-])c2)cc1Br. The Labute approximate surface area is 145 Å². The number of hydrogen-bond donors (Lipinski definition) is 1. The number of benzene rings is 2. The first kappa shape index (κ1) is 17.2. The Morgan fingerprint density at radius 2 is 2.09 bits per heavy atom. The maximum Gasteiger partial charge on any atom is 0.289 e. The molecule has 1 N–H and O–H groups in total. The van der Waals surface area contributed by atoms with Crippen molar-refractivity contribution in [3.05, 3.63) is 61.6 Å². The van der Waals surface area contributed by atoms with Gasteiger partial charge in [0.2, 0.25) is 0 Å². The van der Waals surface area contributed by atoms with E-state index in [9.17, 15) is 14.9 Å². The topological polar surface area (TPSA) is 81.5 Å². The number of carbonyl (C=O) groups is 1. The summed E-state index contributed by atoms with van der Waals surface area (Å²) in [4.78, 5) is 22.5. The minimum atomic E-state index is -0.606. The highest BCUT2D eigenvalue weighted by molar-refractivity contribution is 9.10. The maximum atomic E-state index is 12.2. The minimum absolute atomic E-state index is 0.0109. The summed E-state index contributed by atoms with van der Waals surface area (Å²) in [5.41, 5.74) is 0.409. The van der Waals surface area contributed by atoms with Crippen molar-refractivity contribution in [3.8, 4) is 5.75 Å². The van der Waals surface area contributed by atoms with Crippen LogP contribution in [0.1, 0.15) is 17.3 Å². The van der Waals surface area contributed by atoms with E-state index in [-0.39, 0.29) is 16.4 Å². The van der Waals surface area contributed by atoms with Crippen LogP contribution in [-0.2, 0) is 0 Å². The van der Waals surface area contributed by atoms with E-state index in [1.54, 1.807) is 18.2 Å². The van der Waals surface area contributed by atoms with E-state index in [2.05, 4.69) is 21.2 Å². The van der Waals surface area contributed by atoms with Crippen molar-refractivity contribution >= 4 is 44.8 Å². The molecule has 8 heteroatoms. The Morgan fingerprint density at radius 1 is 1.35 bits per heavy atom. The Hall–Kier alpha value is -2.12. The second kappa shape index (κ2) is 7.43.